The van der Waals surface area contributed by atoms with E-state index in [0.717, 1.165) is 0 Å². The van der Waals surface area contributed by atoms with Gasteiger partial charge in [-0.2, -0.15) is 0 Å². The summed E-state index contributed by atoms with van der Waals surface area (Å²) in [7, 11) is 3.73. The lowest BCUT2D eigenvalue weighted by molar-refractivity contribution is -0.299. The highest BCUT2D eigenvalue weighted by atomic mass is 16.7. The Balaban J connectivity index is 1.89. The zero-order valence-electron chi connectivity index (χ0n) is 30.6. The molecule has 0 aromatic carbocycles. The molecule has 4 saturated heterocycles. The topological polar surface area (TPSA) is 171 Å². The minimum atomic E-state index is -1.53. The third-order valence-electron chi connectivity index (χ3n) is 10.9. The second kappa shape index (κ2) is 15.2. The maximum absolute atomic E-state index is 14.3. The molecule has 4 aliphatic rings. The lowest BCUT2D eigenvalue weighted by Gasteiger charge is -2.48. The Morgan fingerprint density at radius 2 is 1.69 bits per heavy atom. The summed E-state index contributed by atoms with van der Waals surface area (Å²) in [6, 6.07) is -1.12. The molecule has 14 heteroatoms. The van der Waals surface area contributed by atoms with Crippen molar-refractivity contribution in [2.45, 2.75) is 135 Å². The van der Waals surface area contributed by atoms with Crippen LogP contribution in [-0.2, 0) is 38.0 Å². The van der Waals surface area contributed by atoms with Crippen LogP contribution in [0.3, 0.4) is 0 Å². The van der Waals surface area contributed by atoms with Crippen LogP contribution in [0.15, 0.2) is 12.2 Å². The molecule has 4 aliphatic heterocycles. The van der Waals surface area contributed by atoms with E-state index in [1.54, 1.807) is 34.6 Å². The fraction of sp³-hybridized carbons (Fsp3) is 0.829. The molecule has 0 saturated carbocycles. The zero-order valence-corrected chi connectivity index (χ0v) is 30.6. The van der Waals surface area contributed by atoms with Crippen molar-refractivity contribution < 1.29 is 52.7 Å². The van der Waals surface area contributed by atoms with Gasteiger partial charge in [-0.05, 0) is 66.6 Å². The van der Waals surface area contributed by atoms with Gasteiger partial charge in [0.15, 0.2) is 11.9 Å². The lowest BCUT2D eigenvalue weighted by Crippen LogP contribution is -2.61. The highest BCUT2D eigenvalue weighted by Crippen LogP contribution is 2.42. The van der Waals surface area contributed by atoms with E-state index < -0.39 is 89.8 Å². The average molecular weight is 696 g/mol. The van der Waals surface area contributed by atoms with E-state index in [2.05, 4.69) is 17.2 Å². The van der Waals surface area contributed by atoms with Gasteiger partial charge in [0.25, 0.3) is 0 Å². The summed E-state index contributed by atoms with van der Waals surface area (Å²) in [5.41, 5.74) is -2.34. The van der Waals surface area contributed by atoms with Gasteiger partial charge in [-0.1, -0.05) is 34.3 Å². The SMILES string of the molecule is C=C1CNC(=O)O[C@]2(C)C[C@@H](C)C(=O)C(C)C3NC(=O)O[C@]3(C)[C@@H](CC)OC(=O)[C@H](C)[C@@H](OC1)[C@H](C)[C@H]2O[C@@H]1O[C@H](C)C[C@H](N(C)C)[C@H]1O. The molecule has 14 nitrogen and oxygen atoms in total. The van der Waals surface area contributed by atoms with Crippen molar-refractivity contribution in [3.8, 4) is 0 Å². The zero-order chi connectivity index (χ0) is 36.6. The third kappa shape index (κ3) is 8.08. The smallest absolute Gasteiger partial charge is 0.408 e. The largest absolute Gasteiger partial charge is 0.458 e. The number of fused-ring (bicyclic) bond motifs is 4. The highest BCUT2D eigenvalue weighted by Gasteiger charge is 2.58. The number of aliphatic hydroxyl groups is 1. The number of nitrogens with one attached hydrogen (secondary N) is 2. The second-order valence-electron chi connectivity index (χ2n) is 15.2. The number of esters is 1. The van der Waals surface area contributed by atoms with Gasteiger partial charge in [-0.3, -0.25) is 9.59 Å². The molecule has 3 N–H and O–H groups in total. The molecule has 4 fully saturated rings. The molecule has 49 heavy (non-hydrogen) atoms. The van der Waals surface area contributed by atoms with E-state index in [4.69, 9.17) is 28.4 Å². The summed E-state index contributed by atoms with van der Waals surface area (Å²) in [5, 5.41) is 17.0. The lowest BCUT2D eigenvalue weighted by atomic mass is 9.73. The number of Topliss-reactive ketones (excluding diaryl/α,β-unsaturated/α-hetero) is 1. The minimum absolute atomic E-state index is 0.00354. The predicted octanol–water partition coefficient (Wildman–Crippen LogP) is 2.94. The number of alkyl carbamates (subject to hydrolysis) is 2. The fourth-order valence-electron chi connectivity index (χ4n) is 8.23. The first kappa shape index (κ1) is 39.0. The summed E-state index contributed by atoms with van der Waals surface area (Å²) in [4.78, 5) is 56.4. The minimum Gasteiger partial charge on any atom is -0.458 e. The van der Waals surface area contributed by atoms with Crippen molar-refractivity contribution in [1.29, 1.82) is 0 Å². The highest BCUT2D eigenvalue weighted by molar-refractivity contribution is 5.85. The first-order valence-electron chi connectivity index (χ1n) is 17.5. The van der Waals surface area contributed by atoms with Crippen LogP contribution in [-0.4, -0.2) is 121 Å². The number of ketones is 1. The molecule has 0 aliphatic carbocycles. The summed E-state index contributed by atoms with van der Waals surface area (Å²) < 4.78 is 37.5. The number of aliphatic hydroxyl groups excluding tert-OH is 1. The first-order valence-corrected chi connectivity index (χ1v) is 17.5. The third-order valence-corrected chi connectivity index (χ3v) is 10.9. The number of carbonyl (C=O) groups excluding carboxylic acids is 4. The van der Waals surface area contributed by atoms with Gasteiger partial charge in [0.1, 0.15) is 29.7 Å². The summed E-state index contributed by atoms with van der Waals surface area (Å²) in [5.74, 6) is -3.93. The maximum Gasteiger partial charge on any atom is 0.408 e. The number of ether oxygens (including phenoxy) is 6. The van der Waals surface area contributed by atoms with Crippen LogP contribution in [0.2, 0.25) is 0 Å². The van der Waals surface area contributed by atoms with Gasteiger partial charge >= 0.3 is 18.2 Å². The first-order chi connectivity index (χ1) is 22.8. The number of likely N-dealkylation sites (N-methyl/N-ethyl adjacent to an activating group) is 1. The Morgan fingerprint density at radius 3 is 2.33 bits per heavy atom. The van der Waals surface area contributed by atoms with Crippen molar-refractivity contribution in [2.24, 2.45) is 23.7 Å². The standard InChI is InChI=1S/C35H57N3O11/c1-12-24-35(9)28(37-33(43)49-35)20(5)25(39)18(3)14-34(8)29(47-31-26(40)23(38(10)11)13-19(4)45-31)21(6)27(22(7)30(41)46-24)44-16-17(2)15-36-32(42)48-34/h18-24,26-29,31,40H,2,12-16H2,1,3-11H3,(H,36,42)(H,37,43)/t18-,19-,20?,21+,22-,23+,24-,26-,27+,28?,29-,31+,34-,35-/m1/s1. The molecule has 0 aromatic heterocycles. The molecule has 2 amide bonds. The quantitative estimate of drug-likeness (QED) is 0.224. The van der Waals surface area contributed by atoms with E-state index >= 15 is 0 Å². The van der Waals surface area contributed by atoms with E-state index in [1.807, 2.05) is 39.8 Å². The van der Waals surface area contributed by atoms with Crippen LogP contribution in [0.4, 0.5) is 9.59 Å². The Morgan fingerprint density at radius 1 is 1.02 bits per heavy atom. The van der Waals surface area contributed by atoms with Crippen molar-refractivity contribution in [1.82, 2.24) is 15.5 Å². The Labute approximate surface area is 289 Å². The van der Waals surface area contributed by atoms with Crippen LogP contribution in [0.5, 0.6) is 0 Å². The number of amides is 2. The van der Waals surface area contributed by atoms with Crippen molar-refractivity contribution >= 4 is 23.9 Å². The monoisotopic (exact) mass is 695 g/mol. The predicted molar refractivity (Wildman–Crippen MR) is 177 cm³/mol. The normalized spacial score (nSPS) is 44.4. The fourth-order valence-corrected chi connectivity index (χ4v) is 8.23. The van der Waals surface area contributed by atoms with E-state index in [9.17, 15) is 24.3 Å². The maximum atomic E-state index is 14.3. The van der Waals surface area contributed by atoms with Gasteiger partial charge in [-0.15, -0.1) is 0 Å². The molecule has 2 bridgehead atoms. The van der Waals surface area contributed by atoms with Gasteiger partial charge < -0.3 is 49.1 Å². The molecule has 4 rings (SSSR count). The average Bonchev–Trinajstić information content (AvgIpc) is 3.34. The summed E-state index contributed by atoms with van der Waals surface area (Å²) >= 11 is 0. The number of carbonyl (C=O) groups is 4. The van der Waals surface area contributed by atoms with Gasteiger partial charge in [0.05, 0.1) is 30.8 Å². The number of hydrogen-bond donors (Lipinski definition) is 3. The molecule has 0 radical (unpaired) electrons. The summed E-state index contributed by atoms with van der Waals surface area (Å²) in [6.45, 7) is 18.1. The van der Waals surface area contributed by atoms with Crippen molar-refractivity contribution in [3.05, 3.63) is 12.2 Å². The van der Waals surface area contributed by atoms with E-state index in [0.29, 0.717) is 18.4 Å². The summed E-state index contributed by atoms with van der Waals surface area (Å²) in [6.07, 6.45) is -5.93. The number of rotatable bonds is 4. The molecule has 0 spiro atoms. The van der Waals surface area contributed by atoms with E-state index in [1.165, 1.54) is 0 Å². The van der Waals surface area contributed by atoms with Gasteiger partial charge in [-0.25, -0.2) is 9.59 Å². The number of nitrogens with zero attached hydrogens (tertiary/aromatic N) is 1. The Bertz CT molecular complexity index is 1260. The van der Waals surface area contributed by atoms with Crippen LogP contribution in [0.25, 0.3) is 0 Å². The molecule has 278 valence electrons. The van der Waals surface area contributed by atoms with E-state index in [-0.39, 0.29) is 37.5 Å². The Kier molecular flexibility index (Phi) is 12.1. The molecular formula is C35H57N3O11. The van der Waals surface area contributed by atoms with Crippen molar-refractivity contribution in [2.75, 3.05) is 27.2 Å². The molecule has 4 heterocycles. The van der Waals surface area contributed by atoms with Crippen LogP contribution >= 0.6 is 0 Å². The molecule has 14 atom stereocenters. The second-order valence-corrected chi connectivity index (χ2v) is 15.2. The van der Waals surface area contributed by atoms with Crippen LogP contribution < -0.4 is 10.6 Å². The Hall–Kier alpha value is -2.78. The van der Waals surface area contributed by atoms with Crippen LogP contribution in [0, 0.1) is 23.7 Å². The van der Waals surface area contributed by atoms with Gasteiger partial charge in [0, 0.05) is 30.3 Å². The van der Waals surface area contributed by atoms with Crippen LogP contribution in [0.1, 0.15) is 74.7 Å². The molecular weight excluding hydrogens is 638 g/mol. The van der Waals surface area contributed by atoms with Gasteiger partial charge in [0.2, 0.25) is 0 Å². The molecule has 2 unspecified atom stereocenters. The number of hydrogen-bond acceptors (Lipinski definition) is 12. The number of cyclic esters (lactones) is 1. The molecule has 0 aromatic rings. The van der Waals surface area contributed by atoms with Crippen molar-refractivity contribution in [3.63, 3.8) is 0 Å².